The number of hydrogen-bond acceptors (Lipinski definition) is 4. The smallest absolute Gasteiger partial charge is 0.274 e. The number of nitrogens with zero attached hydrogens (tertiary/aromatic N) is 3. The van der Waals surface area contributed by atoms with Gasteiger partial charge < -0.3 is 15.1 Å². The van der Waals surface area contributed by atoms with Crippen LogP contribution < -0.4 is 0 Å². The molecular formula is C15H23N3O3. The van der Waals surface area contributed by atoms with Crippen LogP contribution in [-0.4, -0.2) is 56.6 Å². The maximum Gasteiger partial charge on any atom is 0.274 e. The molecule has 0 saturated carbocycles. The van der Waals surface area contributed by atoms with Crippen LogP contribution in [0.3, 0.4) is 0 Å². The molecule has 1 fully saturated rings. The topological polar surface area (TPSA) is 78.6 Å². The summed E-state index contributed by atoms with van der Waals surface area (Å²) in [6.45, 7) is 0.837. The van der Waals surface area contributed by atoms with E-state index in [1.54, 1.807) is 4.90 Å². The van der Waals surface area contributed by atoms with Crippen LogP contribution in [0, 0.1) is 5.92 Å². The molecule has 1 aliphatic carbocycles. The average molecular weight is 293 g/mol. The highest BCUT2D eigenvalue weighted by Crippen LogP contribution is 2.26. The summed E-state index contributed by atoms with van der Waals surface area (Å²) in [7, 11) is 1.90. The second kappa shape index (κ2) is 5.77. The van der Waals surface area contributed by atoms with E-state index in [9.17, 15) is 15.0 Å². The van der Waals surface area contributed by atoms with Crippen LogP contribution in [0.25, 0.3) is 0 Å². The van der Waals surface area contributed by atoms with Crippen molar-refractivity contribution in [3.63, 3.8) is 0 Å². The molecule has 1 amide bonds. The summed E-state index contributed by atoms with van der Waals surface area (Å²) in [5, 5.41) is 23.6. The molecule has 116 valence electrons. The number of carbonyl (C=O) groups is 1. The first kappa shape index (κ1) is 14.5. The highest BCUT2D eigenvalue weighted by Gasteiger charge is 2.33. The summed E-state index contributed by atoms with van der Waals surface area (Å²) in [6.07, 6.45) is 4.15. The van der Waals surface area contributed by atoms with Gasteiger partial charge in [-0.2, -0.15) is 5.10 Å². The third kappa shape index (κ3) is 2.58. The van der Waals surface area contributed by atoms with E-state index in [0.29, 0.717) is 18.7 Å². The lowest BCUT2D eigenvalue weighted by Crippen LogP contribution is -2.47. The third-order valence-corrected chi connectivity index (χ3v) is 4.81. The van der Waals surface area contributed by atoms with E-state index >= 15 is 0 Å². The van der Waals surface area contributed by atoms with Crippen molar-refractivity contribution in [3.8, 4) is 0 Å². The second-order valence-corrected chi connectivity index (χ2v) is 6.15. The number of rotatable bonds is 2. The predicted molar refractivity (Wildman–Crippen MR) is 77.0 cm³/mol. The number of aryl methyl sites for hydroxylation is 1. The molecule has 0 spiro atoms. The minimum absolute atomic E-state index is 0.0256. The van der Waals surface area contributed by atoms with E-state index in [1.807, 2.05) is 11.7 Å². The van der Waals surface area contributed by atoms with Gasteiger partial charge in [0.25, 0.3) is 5.91 Å². The molecule has 1 aromatic rings. The quantitative estimate of drug-likeness (QED) is 0.811. The molecule has 6 nitrogen and oxygen atoms in total. The van der Waals surface area contributed by atoms with Gasteiger partial charge in [0, 0.05) is 43.9 Å². The highest BCUT2D eigenvalue weighted by molar-refractivity contribution is 5.94. The maximum atomic E-state index is 12.7. The Hall–Kier alpha value is -1.40. The van der Waals surface area contributed by atoms with Gasteiger partial charge in [-0.3, -0.25) is 9.48 Å². The van der Waals surface area contributed by atoms with Gasteiger partial charge in [0.1, 0.15) is 0 Å². The third-order valence-electron chi connectivity index (χ3n) is 4.81. The normalized spacial score (nSPS) is 25.8. The van der Waals surface area contributed by atoms with Crippen LogP contribution in [0.5, 0.6) is 0 Å². The Labute approximate surface area is 124 Å². The second-order valence-electron chi connectivity index (χ2n) is 6.15. The van der Waals surface area contributed by atoms with Gasteiger partial charge in [-0.1, -0.05) is 0 Å². The molecule has 1 aliphatic heterocycles. The number of β-amino-alcohol motifs (C(OH)–C–C–N with tert-alkyl or cyclic N) is 1. The number of fused-ring (bicyclic) bond motifs is 1. The van der Waals surface area contributed by atoms with E-state index in [-0.39, 0.29) is 25.0 Å². The molecule has 0 radical (unpaired) electrons. The fourth-order valence-electron chi connectivity index (χ4n) is 3.47. The molecule has 6 heteroatoms. The van der Waals surface area contributed by atoms with Gasteiger partial charge in [0.15, 0.2) is 5.69 Å². The van der Waals surface area contributed by atoms with Gasteiger partial charge in [0.2, 0.25) is 0 Å². The number of aliphatic hydroxyl groups excluding tert-OH is 2. The summed E-state index contributed by atoms with van der Waals surface area (Å²) in [5.41, 5.74) is 2.82. The Morgan fingerprint density at radius 2 is 2.14 bits per heavy atom. The molecule has 21 heavy (non-hydrogen) atoms. The zero-order valence-electron chi connectivity index (χ0n) is 12.5. The van der Waals surface area contributed by atoms with Gasteiger partial charge in [-0.05, 0) is 32.1 Å². The van der Waals surface area contributed by atoms with Crippen LogP contribution >= 0.6 is 0 Å². The van der Waals surface area contributed by atoms with Crippen molar-refractivity contribution in [1.29, 1.82) is 0 Å². The number of carbonyl (C=O) groups excluding carboxylic acids is 1. The molecule has 3 rings (SSSR count). The minimum Gasteiger partial charge on any atom is -0.396 e. The van der Waals surface area contributed by atoms with Crippen LogP contribution in [-0.2, 0) is 19.9 Å². The molecular weight excluding hydrogens is 270 g/mol. The molecule has 2 N–H and O–H groups in total. The lowest BCUT2D eigenvalue weighted by Gasteiger charge is -2.34. The molecule has 0 unspecified atom stereocenters. The van der Waals surface area contributed by atoms with E-state index in [0.717, 1.165) is 31.2 Å². The molecule has 2 heterocycles. The number of aliphatic hydroxyl groups is 2. The molecule has 2 aliphatic rings. The van der Waals surface area contributed by atoms with E-state index in [4.69, 9.17) is 0 Å². The Balaban J connectivity index is 1.80. The minimum atomic E-state index is -0.646. The van der Waals surface area contributed by atoms with Crippen LogP contribution in [0.4, 0.5) is 0 Å². The number of likely N-dealkylation sites (tertiary alicyclic amines) is 1. The summed E-state index contributed by atoms with van der Waals surface area (Å²) < 4.78 is 1.83. The molecule has 0 bridgehead atoms. The Kier molecular flexibility index (Phi) is 3.99. The largest absolute Gasteiger partial charge is 0.396 e. The summed E-state index contributed by atoms with van der Waals surface area (Å²) in [5.74, 6) is -0.198. The Bertz CT molecular complexity index is 541. The van der Waals surface area contributed by atoms with Gasteiger partial charge in [0.05, 0.1) is 6.10 Å². The standard InChI is InChI=1S/C15H23N3O3/c1-17-12-5-3-2-4-11(12)14(16-17)15(21)18-7-6-10(9-19)13(20)8-18/h10,13,19-20H,2-9H2,1H3/t10-,13-/m1/s1. The highest BCUT2D eigenvalue weighted by atomic mass is 16.3. The van der Waals surface area contributed by atoms with Crippen molar-refractivity contribution >= 4 is 5.91 Å². The van der Waals surface area contributed by atoms with Crippen molar-refractivity contribution in [3.05, 3.63) is 17.0 Å². The molecule has 0 aromatic carbocycles. The van der Waals surface area contributed by atoms with Gasteiger partial charge in [-0.25, -0.2) is 0 Å². The lowest BCUT2D eigenvalue weighted by molar-refractivity contribution is 0.000589. The van der Waals surface area contributed by atoms with Crippen molar-refractivity contribution in [2.45, 2.75) is 38.2 Å². The fraction of sp³-hybridized carbons (Fsp3) is 0.733. The van der Waals surface area contributed by atoms with Crippen molar-refractivity contribution in [2.24, 2.45) is 13.0 Å². The maximum absolute atomic E-state index is 12.7. The van der Waals surface area contributed by atoms with Crippen molar-refractivity contribution < 1.29 is 15.0 Å². The van der Waals surface area contributed by atoms with Gasteiger partial charge >= 0.3 is 0 Å². The number of aromatic nitrogens is 2. The number of hydrogen-bond donors (Lipinski definition) is 2. The van der Waals surface area contributed by atoms with Crippen LogP contribution in [0.15, 0.2) is 0 Å². The van der Waals surface area contributed by atoms with E-state index < -0.39 is 6.10 Å². The monoisotopic (exact) mass is 293 g/mol. The molecule has 2 atom stereocenters. The van der Waals surface area contributed by atoms with Crippen LogP contribution in [0.2, 0.25) is 0 Å². The lowest BCUT2D eigenvalue weighted by atomic mass is 9.93. The van der Waals surface area contributed by atoms with E-state index in [1.165, 1.54) is 5.69 Å². The zero-order chi connectivity index (χ0) is 15.0. The summed E-state index contributed by atoms with van der Waals surface area (Å²) >= 11 is 0. The Morgan fingerprint density at radius 3 is 2.86 bits per heavy atom. The first-order chi connectivity index (χ1) is 10.1. The Morgan fingerprint density at radius 1 is 1.38 bits per heavy atom. The van der Waals surface area contributed by atoms with E-state index in [2.05, 4.69) is 5.10 Å². The molecule has 1 saturated heterocycles. The van der Waals surface area contributed by atoms with Crippen molar-refractivity contribution in [1.82, 2.24) is 14.7 Å². The summed E-state index contributed by atoms with van der Waals surface area (Å²) in [4.78, 5) is 14.4. The van der Waals surface area contributed by atoms with Gasteiger partial charge in [-0.15, -0.1) is 0 Å². The van der Waals surface area contributed by atoms with Crippen LogP contribution in [0.1, 0.15) is 41.0 Å². The fourth-order valence-corrected chi connectivity index (χ4v) is 3.47. The summed E-state index contributed by atoms with van der Waals surface area (Å²) in [6, 6.07) is 0. The SMILES string of the molecule is Cn1nc(C(=O)N2CC[C@H](CO)[C@H](O)C2)c2c1CCCC2. The first-order valence-electron chi connectivity index (χ1n) is 7.74. The number of amides is 1. The molecule has 1 aromatic heterocycles. The predicted octanol–water partition coefficient (Wildman–Crippen LogP) is 0.114. The average Bonchev–Trinajstić information content (AvgIpc) is 2.84. The zero-order valence-corrected chi connectivity index (χ0v) is 12.5. The number of piperidine rings is 1. The first-order valence-corrected chi connectivity index (χ1v) is 7.74. The van der Waals surface area contributed by atoms with Crippen molar-refractivity contribution in [2.75, 3.05) is 19.7 Å².